The molecule has 0 amide bonds. The largest absolute Gasteiger partial charge is 0.493 e. The number of ether oxygens (including phenoxy) is 3. The Morgan fingerprint density at radius 3 is 2.10 bits per heavy atom. The van der Waals surface area contributed by atoms with Crippen LogP contribution in [0.25, 0.3) is 11.1 Å². The number of nitrogens with one attached hydrogen (secondary N) is 2. The number of hydrogen-bond donors (Lipinski definition) is 3. The summed E-state index contributed by atoms with van der Waals surface area (Å²) in [7, 11) is 4.46. The van der Waals surface area contributed by atoms with Crippen LogP contribution in [0.1, 0.15) is 17.2 Å². The van der Waals surface area contributed by atoms with E-state index in [0.29, 0.717) is 28.3 Å². The van der Waals surface area contributed by atoms with Gasteiger partial charge in [0.2, 0.25) is 0 Å². The van der Waals surface area contributed by atoms with Crippen molar-refractivity contribution in [2.75, 3.05) is 26.6 Å². The minimum absolute atomic E-state index is 0.0256. The fraction of sp³-hybridized carbons (Fsp3) is 0.167. The van der Waals surface area contributed by atoms with Crippen LogP contribution in [0.5, 0.6) is 11.5 Å². The van der Waals surface area contributed by atoms with Gasteiger partial charge in [0.05, 0.1) is 21.3 Å². The first kappa shape index (κ1) is 21.7. The highest BCUT2D eigenvalue weighted by molar-refractivity contribution is 5.95. The molecule has 4 N–H and O–H groups in total. The number of rotatable bonds is 8. The number of nitrogens with two attached hydrogens (primary N) is 1. The van der Waals surface area contributed by atoms with E-state index in [-0.39, 0.29) is 5.84 Å². The number of anilines is 1. The fourth-order valence-electron chi connectivity index (χ4n) is 3.30. The maximum Gasteiger partial charge on any atom is 0.333 e. The Labute approximate surface area is 181 Å². The molecule has 0 saturated heterocycles. The lowest BCUT2D eigenvalue weighted by molar-refractivity contribution is -0.141. The molecular formula is C24H25N3O4. The molecule has 7 nitrogen and oxygen atoms in total. The lowest BCUT2D eigenvalue weighted by Crippen LogP contribution is -2.23. The van der Waals surface area contributed by atoms with Gasteiger partial charge < -0.3 is 25.3 Å². The van der Waals surface area contributed by atoms with Crippen molar-refractivity contribution < 1.29 is 19.0 Å². The van der Waals surface area contributed by atoms with Crippen molar-refractivity contribution in [3.63, 3.8) is 0 Å². The number of amidine groups is 1. The first-order chi connectivity index (χ1) is 15.0. The number of carbonyl (C=O) groups is 1. The second-order valence-electron chi connectivity index (χ2n) is 6.75. The van der Waals surface area contributed by atoms with E-state index in [1.165, 1.54) is 7.11 Å². The zero-order chi connectivity index (χ0) is 22.4. The zero-order valence-corrected chi connectivity index (χ0v) is 17.6. The van der Waals surface area contributed by atoms with Gasteiger partial charge in [-0.2, -0.15) is 0 Å². The lowest BCUT2D eigenvalue weighted by atomic mass is 9.93. The summed E-state index contributed by atoms with van der Waals surface area (Å²) in [6.07, 6.45) is 0. The van der Waals surface area contributed by atoms with Gasteiger partial charge in [0.1, 0.15) is 5.84 Å². The highest BCUT2D eigenvalue weighted by Crippen LogP contribution is 2.39. The van der Waals surface area contributed by atoms with Crippen LogP contribution in [0.2, 0.25) is 0 Å². The average Bonchev–Trinajstić information content (AvgIpc) is 2.82. The van der Waals surface area contributed by atoms with Crippen molar-refractivity contribution in [3.05, 3.63) is 77.9 Å². The molecule has 3 aromatic rings. The van der Waals surface area contributed by atoms with Crippen molar-refractivity contribution >= 4 is 17.5 Å². The summed E-state index contributed by atoms with van der Waals surface area (Å²) < 4.78 is 16.1. The molecule has 3 rings (SSSR count). The van der Waals surface area contributed by atoms with E-state index in [1.54, 1.807) is 44.6 Å². The molecule has 0 aromatic heterocycles. The third-order valence-corrected chi connectivity index (χ3v) is 4.90. The summed E-state index contributed by atoms with van der Waals surface area (Å²) in [6, 6.07) is 19.5. The van der Waals surface area contributed by atoms with Gasteiger partial charge in [-0.05, 0) is 53.1 Å². The standard InChI is InChI=1S/C24H25N3O4/c1-29-20-13-18(15-7-5-4-6-8-15)19(14-21(20)30-2)22(24(28)31-3)27-17-11-9-16(10-12-17)23(25)26/h4-14,22,27H,1-3H3,(H3,25,26). The monoisotopic (exact) mass is 419 g/mol. The van der Waals surface area contributed by atoms with Crippen LogP contribution in [0.4, 0.5) is 5.69 Å². The maximum atomic E-state index is 12.8. The third kappa shape index (κ3) is 4.78. The Hall–Kier alpha value is -4.00. The van der Waals surface area contributed by atoms with Crippen molar-refractivity contribution in [2.24, 2.45) is 5.73 Å². The molecule has 160 valence electrons. The van der Waals surface area contributed by atoms with Crippen molar-refractivity contribution in [1.29, 1.82) is 5.41 Å². The minimum Gasteiger partial charge on any atom is -0.493 e. The number of nitrogen functional groups attached to an aromatic ring is 1. The molecule has 0 aliphatic heterocycles. The van der Waals surface area contributed by atoms with Crippen LogP contribution < -0.4 is 20.5 Å². The number of carbonyl (C=O) groups excluding carboxylic acids is 1. The summed E-state index contributed by atoms with van der Waals surface area (Å²) in [5.41, 5.74) is 9.20. The molecule has 1 unspecified atom stereocenters. The van der Waals surface area contributed by atoms with Crippen LogP contribution in [0.3, 0.4) is 0 Å². The molecule has 0 radical (unpaired) electrons. The molecular weight excluding hydrogens is 394 g/mol. The fourth-order valence-corrected chi connectivity index (χ4v) is 3.30. The van der Waals surface area contributed by atoms with E-state index < -0.39 is 12.0 Å². The van der Waals surface area contributed by atoms with Crippen LogP contribution in [0.15, 0.2) is 66.7 Å². The van der Waals surface area contributed by atoms with E-state index in [0.717, 1.165) is 11.1 Å². The SMILES string of the molecule is COC(=O)C(Nc1ccc(C(=N)N)cc1)c1cc(OC)c(OC)cc1-c1ccccc1. The Kier molecular flexibility index (Phi) is 6.77. The summed E-state index contributed by atoms with van der Waals surface area (Å²) >= 11 is 0. The van der Waals surface area contributed by atoms with E-state index in [9.17, 15) is 4.79 Å². The van der Waals surface area contributed by atoms with Crippen LogP contribution in [-0.4, -0.2) is 33.1 Å². The number of benzene rings is 3. The lowest BCUT2D eigenvalue weighted by Gasteiger charge is -2.23. The Bertz CT molecular complexity index is 1070. The molecule has 0 aliphatic rings. The van der Waals surface area contributed by atoms with Crippen molar-refractivity contribution in [1.82, 2.24) is 0 Å². The molecule has 0 saturated carbocycles. The summed E-state index contributed by atoms with van der Waals surface area (Å²) in [5.74, 6) is 0.571. The van der Waals surface area contributed by atoms with Gasteiger partial charge in [-0.25, -0.2) is 4.79 Å². The summed E-state index contributed by atoms with van der Waals surface area (Å²) in [6.45, 7) is 0. The number of esters is 1. The first-order valence-corrected chi connectivity index (χ1v) is 9.58. The molecule has 0 spiro atoms. The van der Waals surface area contributed by atoms with E-state index in [4.69, 9.17) is 25.4 Å². The van der Waals surface area contributed by atoms with Gasteiger partial charge in [-0.15, -0.1) is 0 Å². The predicted octanol–water partition coefficient (Wildman–Crippen LogP) is 3.98. The summed E-state index contributed by atoms with van der Waals surface area (Å²) in [5, 5.41) is 10.8. The van der Waals surface area contributed by atoms with Gasteiger partial charge in [0, 0.05) is 11.3 Å². The van der Waals surface area contributed by atoms with Crippen molar-refractivity contribution in [3.8, 4) is 22.6 Å². The average molecular weight is 419 g/mol. The van der Waals surface area contributed by atoms with E-state index in [1.807, 2.05) is 36.4 Å². The second-order valence-corrected chi connectivity index (χ2v) is 6.75. The second kappa shape index (κ2) is 9.67. The van der Waals surface area contributed by atoms with Crippen molar-refractivity contribution in [2.45, 2.75) is 6.04 Å². The summed E-state index contributed by atoms with van der Waals surface area (Å²) in [4.78, 5) is 12.8. The molecule has 0 bridgehead atoms. The van der Waals surface area contributed by atoms with Gasteiger partial charge in [0.15, 0.2) is 17.5 Å². The first-order valence-electron chi connectivity index (χ1n) is 9.58. The predicted molar refractivity (Wildman–Crippen MR) is 121 cm³/mol. The molecule has 3 aromatic carbocycles. The molecule has 0 fully saturated rings. The molecule has 0 heterocycles. The van der Waals surface area contributed by atoms with Crippen LogP contribution in [0, 0.1) is 5.41 Å². The minimum atomic E-state index is -0.816. The van der Waals surface area contributed by atoms with E-state index >= 15 is 0 Å². The Balaban J connectivity index is 2.13. The molecule has 7 heteroatoms. The highest BCUT2D eigenvalue weighted by Gasteiger charge is 2.27. The molecule has 1 atom stereocenters. The van der Waals surface area contributed by atoms with Crippen LogP contribution in [-0.2, 0) is 9.53 Å². The smallest absolute Gasteiger partial charge is 0.333 e. The molecule has 31 heavy (non-hydrogen) atoms. The quantitative estimate of drug-likeness (QED) is 0.290. The zero-order valence-electron chi connectivity index (χ0n) is 17.6. The van der Waals surface area contributed by atoms with E-state index in [2.05, 4.69) is 5.32 Å². The third-order valence-electron chi connectivity index (χ3n) is 4.90. The number of hydrogen-bond acceptors (Lipinski definition) is 6. The maximum absolute atomic E-state index is 12.8. The normalized spacial score (nSPS) is 11.3. The topological polar surface area (TPSA) is 107 Å². The Morgan fingerprint density at radius 1 is 0.935 bits per heavy atom. The van der Waals surface area contributed by atoms with Gasteiger partial charge in [-0.3, -0.25) is 5.41 Å². The number of methoxy groups -OCH3 is 3. The highest BCUT2D eigenvalue weighted by atomic mass is 16.5. The van der Waals surface area contributed by atoms with Gasteiger partial charge in [-0.1, -0.05) is 30.3 Å². The van der Waals surface area contributed by atoms with Gasteiger partial charge >= 0.3 is 5.97 Å². The van der Waals surface area contributed by atoms with Crippen LogP contribution >= 0.6 is 0 Å². The molecule has 0 aliphatic carbocycles. The Morgan fingerprint density at radius 2 is 1.55 bits per heavy atom. The van der Waals surface area contributed by atoms with Gasteiger partial charge in [0.25, 0.3) is 0 Å².